The lowest BCUT2D eigenvalue weighted by molar-refractivity contribution is 0.0331. The van der Waals surface area contributed by atoms with Gasteiger partial charge in [-0.3, -0.25) is 9.80 Å². The molecule has 0 spiro atoms. The van der Waals surface area contributed by atoms with Crippen LogP contribution in [0.4, 0.5) is 5.82 Å². The lowest BCUT2D eigenvalue weighted by Gasteiger charge is -2.34. The number of anilines is 1. The highest BCUT2D eigenvalue weighted by atomic mass is 16.5. The van der Waals surface area contributed by atoms with E-state index in [9.17, 15) is 0 Å². The van der Waals surface area contributed by atoms with Gasteiger partial charge in [0.05, 0.1) is 31.9 Å². The molecule has 0 unspecified atom stereocenters. The number of rotatable bonds is 9. The van der Waals surface area contributed by atoms with Gasteiger partial charge in [0.1, 0.15) is 11.6 Å². The molecule has 8 nitrogen and oxygen atoms in total. The molecule has 2 saturated heterocycles. The molecule has 1 aromatic carbocycles. The van der Waals surface area contributed by atoms with Crippen molar-refractivity contribution >= 4 is 16.7 Å². The van der Waals surface area contributed by atoms with Gasteiger partial charge in [-0.25, -0.2) is 9.97 Å². The molecule has 0 amide bonds. The molecule has 0 aliphatic carbocycles. The fraction of sp³-hybridized carbons (Fsp3) is 0.636. The van der Waals surface area contributed by atoms with Crippen molar-refractivity contribution in [2.24, 2.45) is 0 Å². The molecule has 2 aliphatic heterocycles. The van der Waals surface area contributed by atoms with Crippen LogP contribution in [0.5, 0.6) is 0 Å². The number of benzene rings is 1. The number of aliphatic hydroxyl groups is 1. The van der Waals surface area contributed by atoms with Gasteiger partial charge in [0.15, 0.2) is 0 Å². The largest absolute Gasteiger partial charge is 0.395 e. The maximum Gasteiger partial charge on any atom is 0.145 e. The predicted octanol–water partition coefficient (Wildman–Crippen LogP) is 0.874. The summed E-state index contributed by atoms with van der Waals surface area (Å²) >= 11 is 0. The first kappa shape index (κ1) is 21.4. The Hall–Kier alpha value is -1.84. The van der Waals surface area contributed by atoms with Crippen molar-refractivity contribution < 1.29 is 9.84 Å². The van der Waals surface area contributed by atoms with Gasteiger partial charge in [-0.1, -0.05) is 12.1 Å². The molecular formula is C22H34N6O2. The first-order chi connectivity index (χ1) is 14.8. The first-order valence-electron chi connectivity index (χ1n) is 11.2. The third-order valence-corrected chi connectivity index (χ3v) is 5.94. The number of aromatic nitrogens is 2. The topological polar surface area (TPSA) is 77.0 Å². The number of hydrogen-bond donors (Lipinski definition) is 2. The quantitative estimate of drug-likeness (QED) is 0.586. The standard InChI is InChI=1S/C22H34N6O2/c29-15-12-27-10-8-26(9-11-27)7-3-6-23-22-19-4-1-2-5-20(19)24-21(25-22)18-28-13-16-30-17-14-28/h1-2,4-5,29H,3,6-18H2,(H,23,24,25). The zero-order chi connectivity index (χ0) is 20.6. The van der Waals surface area contributed by atoms with Gasteiger partial charge >= 0.3 is 0 Å². The summed E-state index contributed by atoms with van der Waals surface area (Å²) in [7, 11) is 0. The molecule has 2 N–H and O–H groups in total. The Kier molecular flexibility index (Phi) is 7.82. The van der Waals surface area contributed by atoms with Gasteiger partial charge in [0, 0.05) is 57.7 Å². The third-order valence-electron chi connectivity index (χ3n) is 5.94. The second-order valence-electron chi connectivity index (χ2n) is 8.08. The molecule has 30 heavy (non-hydrogen) atoms. The highest BCUT2D eigenvalue weighted by Crippen LogP contribution is 2.21. The normalized spacial score (nSPS) is 19.4. The second kappa shape index (κ2) is 11.0. The molecule has 4 rings (SSSR count). The van der Waals surface area contributed by atoms with Crippen LogP contribution in [0.1, 0.15) is 12.2 Å². The molecule has 2 aromatic rings. The van der Waals surface area contributed by atoms with Crippen LogP contribution in [-0.4, -0.2) is 108 Å². The maximum absolute atomic E-state index is 9.07. The number of nitrogens with one attached hydrogen (secondary N) is 1. The minimum absolute atomic E-state index is 0.254. The third kappa shape index (κ3) is 5.86. The summed E-state index contributed by atoms with van der Waals surface area (Å²) in [5, 5.41) is 13.7. The summed E-state index contributed by atoms with van der Waals surface area (Å²) in [6.07, 6.45) is 1.08. The van der Waals surface area contributed by atoms with Crippen LogP contribution in [0, 0.1) is 0 Å². The Labute approximate surface area is 178 Å². The average molecular weight is 415 g/mol. The summed E-state index contributed by atoms with van der Waals surface area (Å²) in [4.78, 5) is 16.8. The molecule has 2 aliphatic rings. The van der Waals surface area contributed by atoms with Crippen molar-refractivity contribution in [3.05, 3.63) is 30.1 Å². The van der Waals surface area contributed by atoms with Gasteiger partial charge in [-0.05, 0) is 25.1 Å². The smallest absolute Gasteiger partial charge is 0.145 e. The Morgan fingerprint density at radius 3 is 2.40 bits per heavy atom. The highest BCUT2D eigenvalue weighted by Gasteiger charge is 2.16. The Bertz CT molecular complexity index is 790. The number of piperazine rings is 1. The molecule has 0 radical (unpaired) electrons. The summed E-state index contributed by atoms with van der Waals surface area (Å²) in [5.74, 6) is 1.81. The van der Waals surface area contributed by atoms with E-state index in [0.717, 1.165) is 108 Å². The van der Waals surface area contributed by atoms with Crippen LogP contribution >= 0.6 is 0 Å². The zero-order valence-corrected chi connectivity index (χ0v) is 17.8. The lowest BCUT2D eigenvalue weighted by atomic mass is 10.2. The van der Waals surface area contributed by atoms with Crippen LogP contribution in [0.25, 0.3) is 10.9 Å². The number of nitrogens with zero attached hydrogens (tertiary/aromatic N) is 5. The van der Waals surface area contributed by atoms with E-state index in [2.05, 4.69) is 32.1 Å². The van der Waals surface area contributed by atoms with E-state index in [4.69, 9.17) is 19.8 Å². The SMILES string of the molecule is OCCN1CCN(CCCNc2nc(CN3CCOCC3)nc3ccccc23)CC1. The van der Waals surface area contributed by atoms with Crippen molar-refractivity contribution in [2.45, 2.75) is 13.0 Å². The Morgan fingerprint density at radius 1 is 0.900 bits per heavy atom. The fourth-order valence-corrected chi connectivity index (χ4v) is 4.18. The van der Waals surface area contributed by atoms with Gasteiger partial charge in [-0.2, -0.15) is 0 Å². The van der Waals surface area contributed by atoms with Crippen LogP contribution in [0.15, 0.2) is 24.3 Å². The Balaban J connectivity index is 1.31. The number of aliphatic hydroxyl groups excluding tert-OH is 1. The summed E-state index contributed by atoms with van der Waals surface area (Å²) in [6, 6.07) is 8.24. The van der Waals surface area contributed by atoms with E-state index in [1.165, 1.54) is 0 Å². The van der Waals surface area contributed by atoms with Crippen LogP contribution < -0.4 is 5.32 Å². The van der Waals surface area contributed by atoms with E-state index in [-0.39, 0.29) is 6.61 Å². The first-order valence-corrected chi connectivity index (χ1v) is 11.2. The van der Waals surface area contributed by atoms with Gasteiger partial charge in [0.2, 0.25) is 0 Å². The van der Waals surface area contributed by atoms with Gasteiger partial charge in [-0.15, -0.1) is 0 Å². The van der Waals surface area contributed by atoms with Crippen molar-refractivity contribution in [1.82, 2.24) is 24.7 Å². The number of fused-ring (bicyclic) bond motifs is 1. The van der Waals surface area contributed by atoms with E-state index >= 15 is 0 Å². The number of β-amino-alcohol motifs (C(OH)–C–C–N with tert-alkyl or cyclic N) is 1. The van der Waals surface area contributed by atoms with E-state index in [1.54, 1.807) is 0 Å². The maximum atomic E-state index is 9.07. The molecule has 1 aromatic heterocycles. The minimum Gasteiger partial charge on any atom is -0.395 e. The molecule has 2 fully saturated rings. The molecule has 3 heterocycles. The monoisotopic (exact) mass is 414 g/mol. The molecular weight excluding hydrogens is 380 g/mol. The van der Waals surface area contributed by atoms with Gasteiger partial charge in [0.25, 0.3) is 0 Å². The molecule has 8 heteroatoms. The van der Waals surface area contributed by atoms with Crippen molar-refractivity contribution in [3.63, 3.8) is 0 Å². The minimum atomic E-state index is 0.254. The highest BCUT2D eigenvalue weighted by molar-refractivity contribution is 5.88. The molecule has 0 bridgehead atoms. The molecule has 0 atom stereocenters. The summed E-state index contributed by atoms with van der Waals surface area (Å²) in [5.41, 5.74) is 0.998. The number of hydrogen-bond acceptors (Lipinski definition) is 8. The van der Waals surface area contributed by atoms with Crippen LogP contribution in [-0.2, 0) is 11.3 Å². The second-order valence-corrected chi connectivity index (χ2v) is 8.08. The van der Waals surface area contributed by atoms with E-state index in [1.807, 2.05) is 12.1 Å². The fourth-order valence-electron chi connectivity index (χ4n) is 4.18. The van der Waals surface area contributed by atoms with E-state index < -0.39 is 0 Å². The summed E-state index contributed by atoms with van der Waals surface area (Å²) < 4.78 is 5.45. The molecule has 0 saturated carbocycles. The molecule has 164 valence electrons. The number of para-hydroxylation sites is 1. The van der Waals surface area contributed by atoms with Crippen molar-refractivity contribution in [2.75, 3.05) is 84.0 Å². The van der Waals surface area contributed by atoms with E-state index in [0.29, 0.717) is 0 Å². The predicted molar refractivity (Wildman–Crippen MR) is 119 cm³/mol. The number of ether oxygens (including phenoxy) is 1. The van der Waals surface area contributed by atoms with Crippen LogP contribution in [0.3, 0.4) is 0 Å². The lowest BCUT2D eigenvalue weighted by Crippen LogP contribution is -2.47. The summed E-state index contributed by atoms with van der Waals surface area (Å²) in [6.45, 7) is 11.5. The zero-order valence-electron chi connectivity index (χ0n) is 17.8. The average Bonchev–Trinajstić information content (AvgIpc) is 2.78. The Morgan fingerprint density at radius 2 is 1.63 bits per heavy atom. The van der Waals surface area contributed by atoms with Crippen molar-refractivity contribution in [3.8, 4) is 0 Å². The van der Waals surface area contributed by atoms with Crippen LogP contribution in [0.2, 0.25) is 0 Å². The van der Waals surface area contributed by atoms with Crippen molar-refractivity contribution in [1.29, 1.82) is 0 Å². The van der Waals surface area contributed by atoms with Gasteiger partial charge < -0.3 is 20.1 Å². The number of morpholine rings is 1.